The van der Waals surface area contributed by atoms with E-state index in [9.17, 15) is 5.26 Å². The van der Waals surface area contributed by atoms with E-state index in [-0.39, 0.29) is 0 Å². The van der Waals surface area contributed by atoms with Gasteiger partial charge < -0.3 is 4.74 Å². The zero-order valence-electron chi connectivity index (χ0n) is 34.5. The maximum atomic E-state index is 9.59. The van der Waals surface area contributed by atoms with Gasteiger partial charge in [-0.2, -0.15) is 5.26 Å². The molecule has 0 N–H and O–H groups in total. The van der Waals surface area contributed by atoms with Crippen molar-refractivity contribution in [3.63, 3.8) is 0 Å². The molecule has 0 amide bonds. The number of rotatable bonds is 6. The Bertz CT molecular complexity index is 3580. The van der Waals surface area contributed by atoms with Gasteiger partial charge in [0.15, 0.2) is 17.5 Å². The summed E-state index contributed by atoms with van der Waals surface area (Å²) in [6.07, 6.45) is 0. The van der Waals surface area contributed by atoms with Gasteiger partial charge in [-0.05, 0) is 109 Å². The Morgan fingerprint density at radius 1 is 0.344 bits per heavy atom. The molecule has 64 heavy (non-hydrogen) atoms. The highest BCUT2D eigenvalue weighted by Gasteiger charge is 2.45. The molecule has 5 nitrogen and oxygen atoms in total. The number of ether oxygens (including phenoxy) is 1. The molecule has 10 aromatic carbocycles. The van der Waals surface area contributed by atoms with Crippen LogP contribution in [0.2, 0.25) is 0 Å². The fourth-order valence-corrected chi connectivity index (χ4v) is 9.73. The molecule has 1 aliphatic heterocycles. The predicted molar refractivity (Wildman–Crippen MR) is 257 cm³/mol. The minimum absolute atomic E-state index is 0.526. The van der Waals surface area contributed by atoms with Gasteiger partial charge in [0.2, 0.25) is 0 Å². The molecular weight excluding hydrogens is 781 g/mol. The molecule has 1 aromatic heterocycles. The topological polar surface area (TPSA) is 71.7 Å². The average molecular weight is 817 g/mol. The second-order valence-corrected chi connectivity index (χ2v) is 16.2. The van der Waals surface area contributed by atoms with E-state index in [0.29, 0.717) is 23.0 Å². The molecule has 0 aliphatic carbocycles. The van der Waals surface area contributed by atoms with E-state index in [0.717, 1.165) is 67.0 Å². The monoisotopic (exact) mass is 816 g/mol. The number of benzene rings is 10. The molecule has 0 atom stereocenters. The molecule has 12 rings (SSSR count). The van der Waals surface area contributed by atoms with Gasteiger partial charge in [0.1, 0.15) is 11.5 Å². The maximum absolute atomic E-state index is 9.59. The number of hydrogen-bond acceptors (Lipinski definition) is 5. The van der Waals surface area contributed by atoms with Crippen molar-refractivity contribution in [2.45, 2.75) is 5.41 Å². The van der Waals surface area contributed by atoms with Crippen molar-refractivity contribution in [3.8, 4) is 62.9 Å². The van der Waals surface area contributed by atoms with Crippen molar-refractivity contribution < 1.29 is 4.74 Å². The molecule has 0 radical (unpaired) electrons. The Kier molecular flexibility index (Phi) is 8.70. The van der Waals surface area contributed by atoms with Crippen LogP contribution in [0.25, 0.3) is 77.6 Å². The number of nitrogens with zero attached hydrogens (tertiary/aromatic N) is 4. The predicted octanol–water partition coefficient (Wildman–Crippen LogP) is 14.4. The Labute approximate surface area is 370 Å². The summed E-state index contributed by atoms with van der Waals surface area (Å²) in [6, 6.07) is 78.1. The van der Waals surface area contributed by atoms with Gasteiger partial charge in [0.25, 0.3) is 0 Å². The first kappa shape index (κ1) is 37.1. The first-order chi connectivity index (χ1) is 31.7. The first-order valence-corrected chi connectivity index (χ1v) is 21.4. The molecule has 0 bridgehead atoms. The molecule has 0 saturated carbocycles. The van der Waals surface area contributed by atoms with Crippen molar-refractivity contribution in [2.24, 2.45) is 0 Å². The van der Waals surface area contributed by atoms with Gasteiger partial charge in [0, 0.05) is 27.8 Å². The van der Waals surface area contributed by atoms with Crippen LogP contribution >= 0.6 is 0 Å². The van der Waals surface area contributed by atoms with Crippen LogP contribution < -0.4 is 4.74 Å². The highest BCUT2D eigenvalue weighted by molar-refractivity contribution is 6.25. The van der Waals surface area contributed by atoms with Crippen LogP contribution in [0, 0.1) is 11.3 Å². The fraction of sp³-hybridized carbons (Fsp3) is 0.0169. The van der Waals surface area contributed by atoms with E-state index in [2.05, 4.69) is 194 Å². The Morgan fingerprint density at radius 3 is 1.45 bits per heavy atom. The second kappa shape index (κ2) is 15.0. The highest BCUT2D eigenvalue weighted by atomic mass is 16.5. The van der Waals surface area contributed by atoms with E-state index < -0.39 is 5.41 Å². The van der Waals surface area contributed by atoms with Crippen molar-refractivity contribution in [1.82, 2.24) is 15.0 Å². The minimum Gasteiger partial charge on any atom is -0.457 e. The van der Waals surface area contributed by atoms with Crippen molar-refractivity contribution in [2.75, 3.05) is 0 Å². The molecule has 0 saturated heterocycles. The number of fused-ring (bicyclic) bond motifs is 8. The SMILES string of the molecule is N#Cc1ccc(-c2nc(-c3cccc(-c4ccc5c(c4)C(c4ccccc4)(c4ccccc4)c4ccccc4O5)c3)nc(-c3ccc4c5ccccc5c5ccccc5c4c3)n2)cc1. The molecular formula is C59H36N4O. The Morgan fingerprint density at radius 2 is 0.812 bits per heavy atom. The lowest BCUT2D eigenvalue weighted by molar-refractivity contribution is 0.434. The van der Waals surface area contributed by atoms with Crippen LogP contribution in [-0.2, 0) is 5.41 Å². The summed E-state index contributed by atoms with van der Waals surface area (Å²) in [7, 11) is 0. The summed E-state index contributed by atoms with van der Waals surface area (Å²) in [5.74, 6) is 3.30. The quantitative estimate of drug-likeness (QED) is 0.156. The zero-order valence-corrected chi connectivity index (χ0v) is 34.5. The summed E-state index contributed by atoms with van der Waals surface area (Å²) in [5.41, 5.74) is 8.99. The number of para-hydroxylation sites is 1. The fourth-order valence-electron chi connectivity index (χ4n) is 9.73. The van der Waals surface area contributed by atoms with E-state index in [1.807, 2.05) is 18.2 Å². The van der Waals surface area contributed by atoms with Crippen molar-refractivity contribution >= 4 is 32.3 Å². The maximum Gasteiger partial charge on any atom is 0.164 e. The van der Waals surface area contributed by atoms with E-state index in [1.165, 1.54) is 26.9 Å². The molecule has 1 aliphatic rings. The standard InChI is InChI=1S/C59H36N4O/c60-37-38-26-28-39(29-27-38)56-61-57(63-58(62-56)43-30-32-50-48-22-8-7-20-46(48)47-21-9-10-23-49(47)51(50)35-43)42-15-13-14-40(34-42)41-31-33-55-53(36-41)59(44-16-3-1-4-17-44,45-18-5-2-6-19-45)52-24-11-12-25-54(52)64-55/h1-36H. The lowest BCUT2D eigenvalue weighted by atomic mass is 9.63. The largest absolute Gasteiger partial charge is 0.457 e. The van der Waals surface area contributed by atoms with Gasteiger partial charge in [-0.15, -0.1) is 0 Å². The summed E-state index contributed by atoms with van der Waals surface area (Å²) >= 11 is 0. The van der Waals surface area contributed by atoms with Gasteiger partial charge in [0.05, 0.1) is 17.0 Å². The molecule has 11 aromatic rings. The molecule has 5 heteroatoms. The van der Waals surface area contributed by atoms with Crippen LogP contribution in [0.15, 0.2) is 218 Å². The third-order valence-electron chi connectivity index (χ3n) is 12.7. The van der Waals surface area contributed by atoms with Crippen molar-refractivity contribution in [1.29, 1.82) is 5.26 Å². The summed E-state index contributed by atoms with van der Waals surface area (Å²) < 4.78 is 6.71. The highest BCUT2D eigenvalue weighted by Crippen LogP contribution is 2.56. The molecule has 298 valence electrons. The van der Waals surface area contributed by atoms with E-state index in [1.54, 1.807) is 12.1 Å². The average Bonchev–Trinajstić information content (AvgIpc) is 3.38. The molecule has 0 fully saturated rings. The van der Waals surface area contributed by atoms with Crippen LogP contribution in [0.5, 0.6) is 11.5 Å². The second-order valence-electron chi connectivity index (χ2n) is 16.2. The van der Waals surface area contributed by atoms with Gasteiger partial charge in [-0.25, -0.2) is 15.0 Å². The van der Waals surface area contributed by atoms with E-state index >= 15 is 0 Å². The Balaban J connectivity index is 1.03. The summed E-state index contributed by atoms with van der Waals surface area (Å²) in [5, 5.41) is 16.7. The van der Waals surface area contributed by atoms with Crippen LogP contribution in [0.3, 0.4) is 0 Å². The number of nitriles is 1. The normalized spacial score (nSPS) is 12.6. The minimum atomic E-state index is -0.642. The third kappa shape index (κ3) is 5.96. The van der Waals surface area contributed by atoms with E-state index in [4.69, 9.17) is 19.7 Å². The summed E-state index contributed by atoms with van der Waals surface area (Å²) in [6.45, 7) is 0. The van der Waals surface area contributed by atoms with Gasteiger partial charge in [-0.3, -0.25) is 0 Å². The third-order valence-corrected chi connectivity index (χ3v) is 12.7. The van der Waals surface area contributed by atoms with Gasteiger partial charge >= 0.3 is 0 Å². The summed E-state index contributed by atoms with van der Waals surface area (Å²) in [4.78, 5) is 15.4. The van der Waals surface area contributed by atoms with Crippen LogP contribution in [0.4, 0.5) is 0 Å². The number of hydrogen-bond donors (Lipinski definition) is 0. The first-order valence-electron chi connectivity index (χ1n) is 21.4. The Hall–Kier alpha value is -8.72. The van der Waals surface area contributed by atoms with Crippen LogP contribution in [-0.4, -0.2) is 15.0 Å². The zero-order chi connectivity index (χ0) is 42.6. The lowest BCUT2D eigenvalue weighted by Crippen LogP contribution is -2.34. The van der Waals surface area contributed by atoms with Crippen LogP contribution in [0.1, 0.15) is 27.8 Å². The van der Waals surface area contributed by atoms with Crippen molar-refractivity contribution in [3.05, 3.63) is 246 Å². The molecule has 0 spiro atoms. The smallest absolute Gasteiger partial charge is 0.164 e. The molecule has 0 unspecified atom stereocenters. The number of aromatic nitrogens is 3. The lowest BCUT2D eigenvalue weighted by Gasteiger charge is -2.41. The van der Waals surface area contributed by atoms with Gasteiger partial charge in [-0.1, -0.05) is 164 Å². The molecule has 2 heterocycles.